The van der Waals surface area contributed by atoms with E-state index in [2.05, 4.69) is 5.32 Å². The van der Waals surface area contributed by atoms with Crippen LogP contribution in [0, 0.1) is 6.92 Å². The van der Waals surface area contributed by atoms with Crippen LogP contribution in [0.3, 0.4) is 0 Å². The molecule has 3 N–H and O–H groups in total. The number of halogens is 2. The highest BCUT2D eigenvalue weighted by atomic mass is 19.3. The number of alkyl halides is 2. The highest BCUT2D eigenvalue weighted by molar-refractivity contribution is 5.59. The number of nitrogen functional groups attached to an aromatic ring is 1. The second-order valence-electron chi connectivity index (χ2n) is 2.85. The number of nitrogens with one attached hydrogen (secondary N) is 1. The van der Waals surface area contributed by atoms with Crippen LogP contribution >= 0.6 is 0 Å². The molecule has 0 heterocycles. The van der Waals surface area contributed by atoms with Crippen molar-refractivity contribution in [2.75, 3.05) is 17.6 Å². The molecule has 0 spiro atoms. The molecule has 13 heavy (non-hydrogen) atoms. The van der Waals surface area contributed by atoms with E-state index in [1.54, 1.807) is 18.2 Å². The number of rotatable bonds is 3. The lowest BCUT2D eigenvalue weighted by atomic mass is 10.2. The van der Waals surface area contributed by atoms with Crippen LogP contribution in [0.5, 0.6) is 0 Å². The number of benzene rings is 1. The van der Waals surface area contributed by atoms with Crippen LogP contribution in [0.1, 0.15) is 5.56 Å². The third-order valence-electron chi connectivity index (χ3n) is 1.71. The topological polar surface area (TPSA) is 38.0 Å². The van der Waals surface area contributed by atoms with Crippen LogP contribution in [0.2, 0.25) is 0 Å². The van der Waals surface area contributed by atoms with Gasteiger partial charge in [-0.3, -0.25) is 0 Å². The minimum absolute atomic E-state index is 0.343. The molecule has 4 heteroatoms. The van der Waals surface area contributed by atoms with E-state index in [9.17, 15) is 8.78 Å². The van der Waals surface area contributed by atoms with E-state index in [1.165, 1.54) is 0 Å². The summed E-state index contributed by atoms with van der Waals surface area (Å²) in [6.07, 6.45) is -2.35. The lowest BCUT2D eigenvalue weighted by Gasteiger charge is -2.09. The minimum atomic E-state index is -2.35. The summed E-state index contributed by atoms with van der Waals surface area (Å²) in [4.78, 5) is 0. The van der Waals surface area contributed by atoms with Gasteiger partial charge in [0.25, 0.3) is 6.43 Å². The van der Waals surface area contributed by atoms with E-state index in [0.717, 1.165) is 5.56 Å². The largest absolute Gasteiger partial charge is 0.399 e. The molecular weight excluding hydrogens is 174 g/mol. The maximum absolute atomic E-state index is 11.9. The number of hydrogen-bond acceptors (Lipinski definition) is 2. The Bertz CT molecular complexity index is 287. The Balaban J connectivity index is 2.70. The molecule has 0 fully saturated rings. The highest BCUT2D eigenvalue weighted by Crippen LogP contribution is 2.18. The number of anilines is 2. The van der Waals surface area contributed by atoms with Crippen molar-refractivity contribution in [1.82, 2.24) is 0 Å². The molecule has 0 bridgehead atoms. The van der Waals surface area contributed by atoms with Gasteiger partial charge in [-0.25, -0.2) is 8.78 Å². The Hall–Kier alpha value is -1.32. The predicted molar refractivity (Wildman–Crippen MR) is 50.1 cm³/mol. The first-order valence-electron chi connectivity index (χ1n) is 3.97. The average Bonchev–Trinajstić information content (AvgIpc) is 2.06. The molecule has 0 unspecified atom stereocenters. The van der Waals surface area contributed by atoms with E-state index >= 15 is 0 Å². The van der Waals surface area contributed by atoms with Crippen LogP contribution in [0.15, 0.2) is 18.2 Å². The zero-order valence-electron chi connectivity index (χ0n) is 7.35. The molecule has 0 saturated heterocycles. The second-order valence-corrected chi connectivity index (χ2v) is 2.85. The van der Waals surface area contributed by atoms with Gasteiger partial charge in [0.2, 0.25) is 0 Å². The molecule has 0 aliphatic rings. The van der Waals surface area contributed by atoms with Gasteiger partial charge in [-0.1, -0.05) is 6.07 Å². The van der Waals surface area contributed by atoms with Gasteiger partial charge in [-0.15, -0.1) is 0 Å². The lowest BCUT2D eigenvalue weighted by molar-refractivity contribution is 0.163. The molecule has 2 nitrogen and oxygen atoms in total. The van der Waals surface area contributed by atoms with Crippen LogP contribution in [0.4, 0.5) is 20.2 Å². The molecule has 0 aliphatic heterocycles. The molecule has 1 aromatic carbocycles. The summed E-state index contributed by atoms with van der Waals surface area (Å²) in [5.41, 5.74) is 7.66. The summed E-state index contributed by atoms with van der Waals surface area (Å²) in [6.45, 7) is 1.50. The molecule has 0 aromatic heterocycles. The predicted octanol–water partition coefficient (Wildman–Crippen LogP) is 2.25. The van der Waals surface area contributed by atoms with Gasteiger partial charge in [0, 0.05) is 11.4 Å². The molecule has 0 amide bonds. The number of aryl methyl sites for hydroxylation is 1. The van der Waals surface area contributed by atoms with E-state index in [1.807, 2.05) is 6.92 Å². The van der Waals surface area contributed by atoms with Gasteiger partial charge in [-0.05, 0) is 24.6 Å². The Labute approximate surface area is 75.7 Å². The Kier molecular flexibility index (Phi) is 3.06. The highest BCUT2D eigenvalue weighted by Gasteiger charge is 2.03. The van der Waals surface area contributed by atoms with Gasteiger partial charge in [0.1, 0.15) is 0 Å². The van der Waals surface area contributed by atoms with Gasteiger partial charge >= 0.3 is 0 Å². The molecule has 1 aromatic rings. The number of hydrogen-bond donors (Lipinski definition) is 2. The van der Waals surface area contributed by atoms with Crippen LogP contribution in [0.25, 0.3) is 0 Å². The second kappa shape index (κ2) is 4.07. The summed E-state index contributed by atoms with van der Waals surface area (Å²) in [5, 5.41) is 2.62. The van der Waals surface area contributed by atoms with Gasteiger partial charge in [-0.2, -0.15) is 0 Å². The molecule has 0 aliphatic carbocycles. The zero-order chi connectivity index (χ0) is 9.84. The first-order valence-corrected chi connectivity index (χ1v) is 3.97. The van der Waals surface area contributed by atoms with Gasteiger partial charge < -0.3 is 11.1 Å². The van der Waals surface area contributed by atoms with Crippen molar-refractivity contribution in [2.45, 2.75) is 13.3 Å². The van der Waals surface area contributed by atoms with Crippen molar-refractivity contribution in [2.24, 2.45) is 0 Å². The van der Waals surface area contributed by atoms with Gasteiger partial charge in [0.05, 0.1) is 6.54 Å². The fourth-order valence-electron chi connectivity index (χ4n) is 1.02. The Morgan fingerprint density at radius 3 is 2.77 bits per heavy atom. The molecule has 72 valence electrons. The monoisotopic (exact) mass is 186 g/mol. The standard InChI is InChI=1S/C9H12F2N2/c1-6-2-3-7(12)4-8(6)13-5-9(10)11/h2-4,9,13H,5,12H2,1H3. The van der Waals surface area contributed by atoms with Crippen molar-refractivity contribution in [3.63, 3.8) is 0 Å². The third-order valence-corrected chi connectivity index (χ3v) is 1.71. The van der Waals surface area contributed by atoms with E-state index in [4.69, 9.17) is 5.73 Å². The van der Waals surface area contributed by atoms with E-state index in [0.29, 0.717) is 11.4 Å². The molecule has 0 saturated carbocycles. The first kappa shape index (κ1) is 9.77. The third kappa shape index (κ3) is 2.89. The van der Waals surface area contributed by atoms with Crippen LogP contribution in [-0.4, -0.2) is 13.0 Å². The zero-order valence-corrected chi connectivity index (χ0v) is 7.35. The minimum Gasteiger partial charge on any atom is -0.399 e. The smallest absolute Gasteiger partial charge is 0.255 e. The lowest BCUT2D eigenvalue weighted by Crippen LogP contribution is -2.11. The Morgan fingerprint density at radius 2 is 2.15 bits per heavy atom. The fourth-order valence-corrected chi connectivity index (χ4v) is 1.02. The summed E-state index contributed by atoms with van der Waals surface area (Å²) in [5.74, 6) is 0. The van der Waals surface area contributed by atoms with Crippen LogP contribution in [-0.2, 0) is 0 Å². The average molecular weight is 186 g/mol. The molecule has 0 radical (unpaired) electrons. The number of nitrogens with two attached hydrogens (primary N) is 1. The quantitative estimate of drug-likeness (QED) is 0.710. The molecule has 0 atom stereocenters. The normalized spacial score (nSPS) is 10.5. The van der Waals surface area contributed by atoms with Crippen molar-refractivity contribution in [1.29, 1.82) is 0 Å². The van der Waals surface area contributed by atoms with Gasteiger partial charge in [0.15, 0.2) is 0 Å². The summed E-state index contributed by atoms with van der Waals surface area (Å²) in [6, 6.07) is 5.18. The maximum atomic E-state index is 11.9. The molecular formula is C9H12F2N2. The fraction of sp³-hybridized carbons (Fsp3) is 0.333. The SMILES string of the molecule is Cc1ccc(N)cc1NCC(F)F. The van der Waals surface area contributed by atoms with E-state index < -0.39 is 6.43 Å². The Morgan fingerprint density at radius 1 is 1.46 bits per heavy atom. The van der Waals surface area contributed by atoms with E-state index in [-0.39, 0.29) is 6.54 Å². The van der Waals surface area contributed by atoms with Crippen molar-refractivity contribution in [3.8, 4) is 0 Å². The summed E-state index contributed by atoms with van der Waals surface area (Å²) in [7, 11) is 0. The summed E-state index contributed by atoms with van der Waals surface area (Å²) < 4.78 is 23.7. The summed E-state index contributed by atoms with van der Waals surface area (Å²) >= 11 is 0. The van der Waals surface area contributed by atoms with Crippen LogP contribution < -0.4 is 11.1 Å². The maximum Gasteiger partial charge on any atom is 0.255 e. The first-order chi connectivity index (χ1) is 6.09. The van der Waals surface area contributed by atoms with Crippen molar-refractivity contribution < 1.29 is 8.78 Å². The molecule has 1 rings (SSSR count). The van der Waals surface area contributed by atoms with Crippen molar-refractivity contribution >= 4 is 11.4 Å². The van der Waals surface area contributed by atoms with Crippen molar-refractivity contribution in [3.05, 3.63) is 23.8 Å².